The number of carbonyl (C=O) groups is 2. The van der Waals surface area contributed by atoms with E-state index in [0.717, 1.165) is 11.3 Å². The van der Waals surface area contributed by atoms with Crippen LogP contribution in [0.15, 0.2) is 48.5 Å². The number of amides is 1. The number of benzene rings is 2. The Morgan fingerprint density at radius 1 is 1.04 bits per heavy atom. The molecule has 0 radical (unpaired) electrons. The van der Waals surface area contributed by atoms with Crippen molar-refractivity contribution in [1.29, 1.82) is 5.26 Å². The Morgan fingerprint density at radius 3 is 2.36 bits per heavy atom. The summed E-state index contributed by atoms with van der Waals surface area (Å²) >= 11 is 0. The van der Waals surface area contributed by atoms with Crippen molar-refractivity contribution in [1.82, 2.24) is 0 Å². The molecule has 0 fully saturated rings. The molecule has 25 heavy (non-hydrogen) atoms. The molecule has 0 aliphatic heterocycles. The molecule has 1 N–H and O–H groups in total. The lowest BCUT2D eigenvalue weighted by atomic mass is 10.2. The standard InChI is InChI=1S/C19H18N2O4/c1-14-2-8-17(9-3-14)24-12-13-25-19(23)15-4-6-16(7-5-15)21-18(22)10-11-20/h2-9H,10,12-13H2,1H3,(H,21,22). The van der Waals surface area contributed by atoms with Gasteiger partial charge in [-0.05, 0) is 43.3 Å². The van der Waals surface area contributed by atoms with E-state index in [4.69, 9.17) is 14.7 Å². The minimum atomic E-state index is -0.470. The summed E-state index contributed by atoms with van der Waals surface area (Å²) in [6, 6.07) is 15.6. The van der Waals surface area contributed by atoms with E-state index in [2.05, 4.69) is 5.32 Å². The zero-order valence-electron chi connectivity index (χ0n) is 13.8. The summed E-state index contributed by atoms with van der Waals surface area (Å²) < 4.78 is 10.6. The lowest BCUT2D eigenvalue weighted by molar-refractivity contribution is -0.115. The predicted molar refractivity (Wildman–Crippen MR) is 92.3 cm³/mol. The summed E-state index contributed by atoms with van der Waals surface area (Å²) in [7, 11) is 0. The third-order valence-electron chi connectivity index (χ3n) is 3.25. The van der Waals surface area contributed by atoms with Crippen molar-refractivity contribution in [3.8, 4) is 11.8 Å². The first kappa shape index (κ1) is 18.0. The quantitative estimate of drug-likeness (QED) is 0.619. The summed E-state index contributed by atoms with van der Waals surface area (Å²) in [5.41, 5.74) is 2.03. The van der Waals surface area contributed by atoms with Gasteiger partial charge in [-0.3, -0.25) is 4.79 Å². The second-order valence-corrected chi connectivity index (χ2v) is 5.26. The molecule has 2 aromatic carbocycles. The maximum atomic E-state index is 11.9. The number of anilines is 1. The van der Waals surface area contributed by atoms with E-state index < -0.39 is 11.9 Å². The summed E-state index contributed by atoms with van der Waals surface area (Å²) in [5.74, 6) is -0.146. The maximum Gasteiger partial charge on any atom is 0.338 e. The Labute approximate surface area is 146 Å². The van der Waals surface area contributed by atoms with E-state index in [1.165, 1.54) is 0 Å². The number of aryl methyl sites for hydroxylation is 1. The molecule has 0 aliphatic carbocycles. The van der Waals surface area contributed by atoms with Crippen LogP contribution in [0.2, 0.25) is 0 Å². The SMILES string of the molecule is Cc1ccc(OCCOC(=O)c2ccc(NC(=O)CC#N)cc2)cc1. The highest BCUT2D eigenvalue weighted by atomic mass is 16.6. The van der Waals surface area contributed by atoms with Gasteiger partial charge in [0.1, 0.15) is 25.4 Å². The molecule has 6 nitrogen and oxygen atoms in total. The van der Waals surface area contributed by atoms with Crippen LogP contribution < -0.4 is 10.1 Å². The highest BCUT2D eigenvalue weighted by molar-refractivity contribution is 5.93. The van der Waals surface area contributed by atoms with Crippen molar-refractivity contribution >= 4 is 17.6 Å². The molecule has 0 unspecified atom stereocenters. The molecule has 6 heteroatoms. The summed E-state index contributed by atoms with van der Waals surface area (Å²) in [6.07, 6.45) is -0.217. The Kier molecular flexibility index (Phi) is 6.55. The summed E-state index contributed by atoms with van der Waals surface area (Å²) in [6.45, 7) is 2.39. The van der Waals surface area contributed by atoms with Gasteiger partial charge in [0.25, 0.3) is 0 Å². The van der Waals surface area contributed by atoms with Gasteiger partial charge in [-0.25, -0.2) is 4.79 Å². The molecule has 0 heterocycles. The van der Waals surface area contributed by atoms with Crippen LogP contribution in [-0.2, 0) is 9.53 Å². The van der Waals surface area contributed by atoms with Gasteiger partial charge in [0, 0.05) is 5.69 Å². The van der Waals surface area contributed by atoms with Crippen LogP contribution in [0, 0.1) is 18.3 Å². The maximum absolute atomic E-state index is 11.9. The van der Waals surface area contributed by atoms with Gasteiger partial charge >= 0.3 is 5.97 Å². The van der Waals surface area contributed by atoms with Crippen molar-refractivity contribution < 1.29 is 19.1 Å². The number of nitrogens with zero attached hydrogens (tertiary/aromatic N) is 1. The number of nitriles is 1. The predicted octanol–water partition coefficient (Wildman–Crippen LogP) is 3.08. The van der Waals surface area contributed by atoms with Crippen LogP contribution in [0.1, 0.15) is 22.3 Å². The normalized spacial score (nSPS) is 9.76. The van der Waals surface area contributed by atoms with Crippen LogP contribution >= 0.6 is 0 Å². The van der Waals surface area contributed by atoms with Crippen LogP contribution in [0.25, 0.3) is 0 Å². The van der Waals surface area contributed by atoms with Crippen molar-refractivity contribution in [2.75, 3.05) is 18.5 Å². The first-order valence-corrected chi connectivity index (χ1v) is 7.72. The van der Waals surface area contributed by atoms with Crippen molar-refractivity contribution in [3.05, 3.63) is 59.7 Å². The number of ether oxygens (including phenoxy) is 2. The fourth-order valence-corrected chi connectivity index (χ4v) is 1.98. The first-order valence-electron chi connectivity index (χ1n) is 7.72. The zero-order chi connectivity index (χ0) is 18.1. The zero-order valence-corrected chi connectivity index (χ0v) is 13.8. The third kappa shape index (κ3) is 5.99. The van der Waals surface area contributed by atoms with Gasteiger partial charge in [0.2, 0.25) is 5.91 Å². The lowest BCUT2D eigenvalue weighted by Crippen LogP contribution is -2.13. The Hall–Kier alpha value is -3.33. The fraction of sp³-hybridized carbons (Fsp3) is 0.211. The molecule has 0 aromatic heterocycles. The van der Waals surface area contributed by atoms with Crippen LogP contribution in [0.3, 0.4) is 0 Å². The highest BCUT2D eigenvalue weighted by Gasteiger charge is 2.08. The van der Waals surface area contributed by atoms with Gasteiger partial charge in [-0.1, -0.05) is 17.7 Å². The molecule has 2 rings (SSSR count). The average molecular weight is 338 g/mol. The smallest absolute Gasteiger partial charge is 0.338 e. The second-order valence-electron chi connectivity index (χ2n) is 5.26. The van der Waals surface area contributed by atoms with E-state index >= 15 is 0 Å². The Bertz CT molecular complexity index is 762. The third-order valence-corrected chi connectivity index (χ3v) is 3.25. The Morgan fingerprint density at radius 2 is 1.72 bits per heavy atom. The van der Waals surface area contributed by atoms with Crippen molar-refractivity contribution in [2.45, 2.75) is 13.3 Å². The van der Waals surface area contributed by atoms with E-state index in [0.29, 0.717) is 11.3 Å². The molecular weight excluding hydrogens is 320 g/mol. The van der Waals surface area contributed by atoms with Crippen LogP contribution in [0.4, 0.5) is 5.69 Å². The molecule has 0 bridgehead atoms. The molecule has 0 saturated carbocycles. The molecule has 2 aromatic rings. The molecule has 0 saturated heterocycles. The van der Waals surface area contributed by atoms with Crippen LogP contribution in [-0.4, -0.2) is 25.1 Å². The van der Waals surface area contributed by atoms with Gasteiger partial charge in [0.05, 0.1) is 11.6 Å². The highest BCUT2D eigenvalue weighted by Crippen LogP contribution is 2.12. The number of nitrogens with one attached hydrogen (secondary N) is 1. The minimum Gasteiger partial charge on any atom is -0.490 e. The van der Waals surface area contributed by atoms with E-state index in [1.54, 1.807) is 30.3 Å². The van der Waals surface area contributed by atoms with E-state index in [1.807, 2.05) is 31.2 Å². The largest absolute Gasteiger partial charge is 0.490 e. The molecule has 0 aliphatic rings. The number of esters is 1. The summed E-state index contributed by atoms with van der Waals surface area (Å²) in [5, 5.41) is 11.0. The van der Waals surface area contributed by atoms with E-state index in [-0.39, 0.29) is 19.6 Å². The minimum absolute atomic E-state index is 0.132. The number of hydrogen-bond acceptors (Lipinski definition) is 5. The number of hydrogen-bond donors (Lipinski definition) is 1. The Balaban J connectivity index is 1.76. The molecule has 0 atom stereocenters. The second kappa shape index (κ2) is 9.08. The van der Waals surface area contributed by atoms with Gasteiger partial charge in [0.15, 0.2) is 0 Å². The molecule has 1 amide bonds. The molecule has 0 spiro atoms. The molecule has 128 valence electrons. The van der Waals surface area contributed by atoms with Gasteiger partial charge in [-0.2, -0.15) is 5.26 Å². The molecular formula is C19H18N2O4. The lowest BCUT2D eigenvalue weighted by Gasteiger charge is -2.08. The average Bonchev–Trinajstić information content (AvgIpc) is 2.61. The first-order chi connectivity index (χ1) is 12.1. The van der Waals surface area contributed by atoms with Crippen LogP contribution in [0.5, 0.6) is 5.75 Å². The van der Waals surface area contributed by atoms with Crippen molar-refractivity contribution in [2.24, 2.45) is 0 Å². The van der Waals surface area contributed by atoms with E-state index in [9.17, 15) is 9.59 Å². The number of carbonyl (C=O) groups excluding carboxylic acids is 2. The van der Waals surface area contributed by atoms with Gasteiger partial charge in [-0.15, -0.1) is 0 Å². The summed E-state index contributed by atoms with van der Waals surface area (Å²) in [4.78, 5) is 23.2. The number of rotatable bonds is 7. The van der Waals surface area contributed by atoms with Gasteiger partial charge < -0.3 is 14.8 Å². The fourth-order valence-electron chi connectivity index (χ4n) is 1.98. The monoisotopic (exact) mass is 338 g/mol. The van der Waals surface area contributed by atoms with Crippen molar-refractivity contribution in [3.63, 3.8) is 0 Å². The topological polar surface area (TPSA) is 88.4 Å².